The van der Waals surface area contributed by atoms with Crippen LogP contribution in [0.5, 0.6) is 0 Å². The molecule has 108 valence electrons. The molecule has 0 amide bonds. The maximum absolute atomic E-state index is 3.78. The second-order valence-electron chi connectivity index (χ2n) is 5.93. The second kappa shape index (κ2) is 8.92. The smallest absolute Gasteiger partial charge is 0.0246 e. The van der Waals surface area contributed by atoms with Crippen molar-refractivity contribution in [3.63, 3.8) is 0 Å². The highest BCUT2D eigenvalue weighted by Crippen LogP contribution is 2.26. The number of rotatable bonds is 9. The molecule has 2 atom stereocenters. The lowest BCUT2D eigenvalue weighted by atomic mass is 9.97. The minimum absolute atomic E-state index is 0.686. The quantitative estimate of drug-likeness (QED) is 0.673. The van der Waals surface area contributed by atoms with E-state index in [9.17, 15) is 0 Å². The van der Waals surface area contributed by atoms with Gasteiger partial charge >= 0.3 is 0 Å². The van der Waals surface area contributed by atoms with Crippen molar-refractivity contribution in [3.05, 3.63) is 0 Å². The lowest BCUT2D eigenvalue weighted by Crippen LogP contribution is -2.51. The summed E-state index contributed by atoms with van der Waals surface area (Å²) in [5.74, 6) is 0. The number of nitrogens with zero attached hydrogens (tertiary/aromatic N) is 1. The first-order chi connectivity index (χ1) is 8.74. The van der Waals surface area contributed by atoms with Gasteiger partial charge < -0.3 is 5.32 Å². The summed E-state index contributed by atoms with van der Waals surface area (Å²) >= 11 is 0. The van der Waals surface area contributed by atoms with E-state index in [4.69, 9.17) is 0 Å². The van der Waals surface area contributed by atoms with Crippen LogP contribution in [0.15, 0.2) is 0 Å². The first-order valence-electron chi connectivity index (χ1n) is 8.19. The fourth-order valence-electron chi connectivity index (χ4n) is 3.51. The van der Waals surface area contributed by atoms with Gasteiger partial charge in [-0.2, -0.15) is 0 Å². The highest BCUT2D eigenvalue weighted by Gasteiger charge is 2.29. The summed E-state index contributed by atoms with van der Waals surface area (Å²) in [5.41, 5.74) is 0. The van der Waals surface area contributed by atoms with Gasteiger partial charge in [-0.3, -0.25) is 4.90 Å². The van der Waals surface area contributed by atoms with Crippen molar-refractivity contribution in [1.82, 2.24) is 10.2 Å². The molecule has 0 spiro atoms. The van der Waals surface area contributed by atoms with Crippen LogP contribution in [-0.2, 0) is 0 Å². The molecule has 0 aromatic carbocycles. The minimum Gasteiger partial charge on any atom is -0.312 e. The number of likely N-dealkylation sites (N-methyl/N-ethyl adjacent to an activating group) is 1. The molecular formula is C16H34N2. The van der Waals surface area contributed by atoms with Crippen molar-refractivity contribution in [1.29, 1.82) is 0 Å². The van der Waals surface area contributed by atoms with Crippen LogP contribution in [0.3, 0.4) is 0 Å². The van der Waals surface area contributed by atoms with E-state index in [1.807, 2.05) is 0 Å². The molecule has 1 fully saturated rings. The van der Waals surface area contributed by atoms with Gasteiger partial charge in [-0.1, -0.05) is 40.0 Å². The molecule has 0 bridgehead atoms. The molecule has 0 heterocycles. The number of nitrogens with one attached hydrogen (secondary N) is 1. The monoisotopic (exact) mass is 254 g/mol. The van der Waals surface area contributed by atoms with Crippen LogP contribution in [0.4, 0.5) is 0 Å². The van der Waals surface area contributed by atoms with Crippen LogP contribution < -0.4 is 5.32 Å². The summed E-state index contributed by atoms with van der Waals surface area (Å²) in [4.78, 5) is 2.69. The molecule has 18 heavy (non-hydrogen) atoms. The topological polar surface area (TPSA) is 15.3 Å². The molecular weight excluding hydrogens is 220 g/mol. The van der Waals surface area contributed by atoms with E-state index in [1.165, 1.54) is 57.9 Å². The minimum atomic E-state index is 0.686. The van der Waals surface area contributed by atoms with E-state index < -0.39 is 0 Å². The van der Waals surface area contributed by atoms with Gasteiger partial charge in [0.05, 0.1) is 0 Å². The third-order valence-electron chi connectivity index (χ3n) is 4.56. The normalized spacial score (nSPS) is 20.5. The zero-order chi connectivity index (χ0) is 13.4. The summed E-state index contributed by atoms with van der Waals surface area (Å²) in [7, 11) is 2.36. The van der Waals surface area contributed by atoms with E-state index in [0.29, 0.717) is 6.04 Å². The average molecular weight is 254 g/mol. The van der Waals surface area contributed by atoms with E-state index in [0.717, 1.165) is 12.1 Å². The second-order valence-corrected chi connectivity index (χ2v) is 5.93. The predicted octanol–water partition coefficient (Wildman–Crippen LogP) is 3.81. The van der Waals surface area contributed by atoms with Crippen molar-refractivity contribution in [2.24, 2.45) is 0 Å². The first-order valence-corrected chi connectivity index (χ1v) is 8.19. The maximum atomic E-state index is 3.78. The van der Waals surface area contributed by atoms with Crippen molar-refractivity contribution < 1.29 is 0 Å². The lowest BCUT2D eigenvalue weighted by molar-refractivity contribution is 0.130. The molecule has 0 aromatic heterocycles. The summed E-state index contributed by atoms with van der Waals surface area (Å²) in [6.07, 6.45) is 10.8. The van der Waals surface area contributed by atoms with E-state index >= 15 is 0 Å². The Hall–Kier alpha value is -0.0800. The van der Waals surface area contributed by atoms with Gasteiger partial charge in [-0.15, -0.1) is 0 Å². The number of hydrogen-bond donors (Lipinski definition) is 1. The Bertz CT molecular complexity index is 199. The standard InChI is InChI=1S/C16H34N2/c1-5-10-15(17-13-6-2)16(7-3)18(4)14-11-8-9-12-14/h14-17H,5-13H2,1-4H3. The Balaban J connectivity index is 2.57. The molecule has 0 saturated heterocycles. The van der Waals surface area contributed by atoms with Crippen LogP contribution in [0, 0.1) is 0 Å². The Morgan fingerprint density at radius 3 is 2.28 bits per heavy atom. The molecule has 1 rings (SSSR count). The molecule has 2 heteroatoms. The maximum Gasteiger partial charge on any atom is 0.0246 e. The number of hydrogen-bond acceptors (Lipinski definition) is 2. The highest BCUT2D eigenvalue weighted by atomic mass is 15.2. The molecule has 1 aliphatic rings. The first kappa shape index (κ1) is 16.0. The summed E-state index contributed by atoms with van der Waals surface area (Å²) in [6, 6.07) is 2.25. The molecule has 1 N–H and O–H groups in total. The van der Waals surface area contributed by atoms with Crippen molar-refractivity contribution in [2.45, 2.75) is 90.3 Å². The highest BCUT2D eigenvalue weighted by molar-refractivity contribution is 4.87. The van der Waals surface area contributed by atoms with Crippen molar-refractivity contribution >= 4 is 0 Å². The molecule has 2 nitrogen and oxygen atoms in total. The Morgan fingerprint density at radius 2 is 1.78 bits per heavy atom. The van der Waals surface area contributed by atoms with Crippen molar-refractivity contribution in [2.75, 3.05) is 13.6 Å². The average Bonchev–Trinajstić information content (AvgIpc) is 2.90. The third kappa shape index (κ3) is 4.55. The van der Waals surface area contributed by atoms with Gasteiger partial charge in [0.2, 0.25) is 0 Å². The molecule has 0 aromatic rings. The van der Waals surface area contributed by atoms with E-state index in [-0.39, 0.29) is 0 Å². The summed E-state index contributed by atoms with van der Waals surface area (Å²) in [5, 5.41) is 3.78. The van der Waals surface area contributed by atoms with Crippen LogP contribution in [0.25, 0.3) is 0 Å². The largest absolute Gasteiger partial charge is 0.312 e. The van der Waals surface area contributed by atoms with Crippen LogP contribution in [0.1, 0.15) is 72.1 Å². The fourth-order valence-corrected chi connectivity index (χ4v) is 3.51. The molecule has 0 radical (unpaired) electrons. The Morgan fingerprint density at radius 1 is 1.11 bits per heavy atom. The lowest BCUT2D eigenvalue weighted by Gasteiger charge is -2.38. The SMILES string of the molecule is CCCNC(CCC)C(CC)N(C)C1CCCC1. The third-order valence-corrected chi connectivity index (χ3v) is 4.56. The van der Waals surface area contributed by atoms with Crippen molar-refractivity contribution in [3.8, 4) is 0 Å². The van der Waals surface area contributed by atoms with Gasteiger partial charge in [0.1, 0.15) is 0 Å². The molecule has 1 aliphatic carbocycles. The van der Waals surface area contributed by atoms with Gasteiger partial charge in [0, 0.05) is 18.1 Å². The van der Waals surface area contributed by atoms with Gasteiger partial charge in [-0.25, -0.2) is 0 Å². The van der Waals surface area contributed by atoms with E-state index in [1.54, 1.807) is 0 Å². The van der Waals surface area contributed by atoms with Gasteiger partial charge in [-0.05, 0) is 45.7 Å². The van der Waals surface area contributed by atoms with E-state index in [2.05, 4.69) is 38.0 Å². The zero-order valence-corrected chi connectivity index (χ0v) is 13.0. The van der Waals surface area contributed by atoms with Gasteiger partial charge in [0.15, 0.2) is 0 Å². The molecule has 2 unspecified atom stereocenters. The van der Waals surface area contributed by atoms with Crippen LogP contribution >= 0.6 is 0 Å². The Kier molecular flexibility index (Phi) is 7.92. The zero-order valence-electron chi connectivity index (χ0n) is 13.0. The Labute approximate surface area is 115 Å². The summed E-state index contributed by atoms with van der Waals surface area (Å²) in [6.45, 7) is 8.09. The van der Waals surface area contributed by atoms with Crippen LogP contribution in [-0.4, -0.2) is 36.6 Å². The van der Waals surface area contributed by atoms with Gasteiger partial charge in [0.25, 0.3) is 0 Å². The summed E-state index contributed by atoms with van der Waals surface area (Å²) < 4.78 is 0. The molecule has 1 saturated carbocycles. The molecule has 0 aliphatic heterocycles. The van der Waals surface area contributed by atoms with Crippen LogP contribution in [0.2, 0.25) is 0 Å². The predicted molar refractivity (Wildman–Crippen MR) is 81.1 cm³/mol. The fraction of sp³-hybridized carbons (Fsp3) is 1.00.